The standard InChI is InChI=1S/C17H25N5O2S/c1-12(23-2)16-20-14(24-21-16)10-22(11-15-19-7-8-25-15)13-9-17(13)3-5-18-6-4-17/h7-8,12-13,18H,3-6,9-11H2,1-2H3/t12-,13+/m0/s1. The number of nitrogens with one attached hydrogen (secondary N) is 1. The molecule has 4 rings (SSSR count). The molecule has 7 nitrogen and oxygen atoms in total. The van der Waals surface area contributed by atoms with Crippen LogP contribution in [0.5, 0.6) is 0 Å². The van der Waals surface area contributed by atoms with Crippen LogP contribution in [0.25, 0.3) is 0 Å². The van der Waals surface area contributed by atoms with Crippen molar-refractivity contribution in [1.82, 2.24) is 25.3 Å². The van der Waals surface area contributed by atoms with Gasteiger partial charge in [-0.15, -0.1) is 11.3 Å². The van der Waals surface area contributed by atoms with Crippen molar-refractivity contribution in [3.05, 3.63) is 28.3 Å². The summed E-state index contributed by atoms with van der Waals surface area (Å²) in [7, 11) is 1.65. The summed E-state index contributed by atoms with van der Waals surface area (Å²) in [5, 5.41) is 10.7. The largest absolute Gasteiger partial charge is 0.374 e. The molecule has 1 saturated heterocycles. The number of ether oxygens (including phenoxy) is 1. The zero-order valence-electron chi connectivity index (χ0n) is 14.8. The molecule has 8 heteroatoms. The van der Waals surface area contributed by atoms with Crippen LogP contribution in [0.2, 0.25) is 0 Å². The lowest BCUT2D eigenvalue weighted by atomic mass is 9.93. The fourth-order valence-electron chi connectivity index (χ4n) is 3.86. The maximum Gasteiger partial charge on any atom is 0.240 e. The number of thiazole rings is 1. The van der Waals surface area contributed by atoms with Gasteiger partial charge in [0.1, 0.15) is 11.1 Å². The van der Waals surface area contributed by atoms with E-state index in [1.54, 1.807) is 18.4 Å². The van der Waals surface area contributed by atoms with Gasteiger partial charge in [0.05, 0.1) is 13.1 Å². The molecule has 25 heavy (non-hydrogen) atoms. The molecule has 2 aliphatic rings. The topological polar surface area (TPSA) is 76.3 Å². The molecule has 2 aromatic heterocycles. The molecule has 1 spiro atoms. The number of aromatic nitrogens is 3. The predicted molar refractivity (Wildman–Crippen MR) is 94.0 cm³/mol. The van der Waals surface area contributed by atoms with E-state index >= 15 is 0 Å². The monoisotopic (exact) mass is 363 g/mol. The molecule has 136 valence electrons. The number of piperidine rings is 1. The Morgan fingerprint density at radius 3 is 3.00 bits per heavy atom. The van der Waals surface area contributed by atoms with Crippen molar-refractivity contribution in [2.75, 3.05) is 20.2 Å². The van der Waals surface area contributed by atoms with E-state index in [0.29, 0.717) is 29.7 Å². The van der Waals surface area contributed by atoms with Crippen LogP contribution in [0, 0.1) is 5.41 Å². The molecule has 1 saturated carbocycles. The van der Waals surface area contributed by atoms with Crippen LogP contribution in [0.3, 0.4) is 0 Å². The second kappa shape index (κ2) is 7.11. The maximum absolute atomic E-state index is 5.48. The first-order chi connectivity index (χ1) is 12.2. The number of rotatable bonds is 7. The predicted octanol–water partition coefficient (Wildman–Crippen LogP) is 2.38. The Kier molecular flexibility index (Phi) is 4.86. The Morgan fingerprint density at radius 2 is 2.28 bits per heavy atom. The van der Waals surface area contributed by atoms with Gasteiger partial charge in [0, 0.05) is 24.7 Å². The lowest BCUT2D eigenvalue weighted by Crippen LogP contribution is -2.35. The van der Waals surface area contributed by atoms with E-state index in [9.17, 15) is 0 Å². The molecule has 1 aliphatic carbocycles. The fourth-order valence-corrected chi connectivity index (χ4v) is 4.50. The minimum atomic E-state index is -0.151. The zero-order chi connectivity index (χ0) is 17.3. The summed E-state index contributed by atoms with van der Waals surface area (Å²) in [4.78, 5) is 11.5. The highest BCUT2D eigenvalue weighted by Gasteiger charge is 2.56. The minimum Gasteiger partial charge on any atom is -0.374 e. The van der Waals surface area contributed by atoms with E-state index in [1.807, 2.05) is 18.5 Å². The third kappa shape index (κ3) is 3.62. The molecular formula is C17H25N5O2S. The summed E-state index contributed by atoms with van der Waals surface area (Å²) in [6.45, 7) is 5.68. The minimum absolute atomic E-state index is 0.151. The number of nitrogens with zero attached hydrogens (tertiary/aromatic N) is 4. The summed E-state index contributed by atoms with van der Waals surface area (Å²) >= 11 is 1.70. The summed E-state index contributed by atoms with van der Waals surface area (Å²) in [6, 6.07) is 0.577. The highest BCUT2D eigenvalue weighted by atomic mass is 32.1. The Morgan fingerprint density at radius 1 is 1.44 bits per heavy atom. The van der Waals surface area contributed by atoms with Crippen molar-refractivity contribution in [2.45, 2.75) is 51.4 Å². The highest BCUT2D eigenvalue weighted by molar-refractivity contribution is 7.09. The first-order valence-corrected chi connectivity index (χ1v) is 9.76. The summed E-state index contributed by atoms with van der Waals surface area (Å²) in [6.07, 6.45) is 5.48. The third-order valence-corrected chi connectivity index (χ3v) is 6.31. The molecule has 3 heterocycles. The molecule has 0 bridgehead atoms. The summed E-state index contributed by atoms with van der Waals surface area (Å²) in [5.74, 6) is 1.27. The van der Waals surface area contributed by atoms with Crippen molar-refractivity contribution in [1.29, 1.82) is 0 Å². The van der Waals surface area contributed by atoms with E-state index in [0.717, 1.165) is 24.6 Å². The van der Waals surface area contributed by atoms with Crippen molar-refractivity contribution in [2.24, 2.45) is 5.41 Å². The van der Waals surface area contributed by atoms with Crippen LogP contribution in [0.1, 0.15) is 49.0 Å². The maximum atomic E-state index is 5.48. The first-order valence-electron chi connectivity index (χ1n) is 8.88. The zero-order valence-corrected chi connectivity index (χ0v) is 15.6. The van der Waals surface area contributed by atoms with Crippen LogP contribution in [0.4, 0.5) is 0 Å². The van der Waals surface area contributed by atoms with Crippen molar-refractivity contribution >= 4 is 11.3 Å². The van der Waals surface area contributed by atoms with Crippen LogP contribution in [-0.2, 0) is 17.8 Å². The normalized spacial score (nSPS) is 23.2. The molecule has 1 aliphatic heterocycles. The Balaban J connectivity index is 1.49. The molecule has 1 N–H and O–H groups in total. The van der Waals surface area contributed by atoms with Crippen molar-refractivity contribution in [3.63, 3.8) is 0 Å². The van der Waals surface area contributed by atoms with Gasteiger partial charge in [0.2, 0.25) is 5.89 Å². The van der Waals surface area contributed by atoms with Crippen LogP contribution in [-0.4, -0.2) is 46.3 Å². The second-order valence-electron chi connectivity index (χ2n) is 7.09. The van der Waals surface area contributed by atoms with Gasteiger partial charge in [-0.25, -0.2) is 4.98 Å². The number of hydrogen-bond donors (Lipinski definition) is 1. The van der Waals surface area contributed by atoms with Gasteiger partial charge in [0.25, 0.3) is 0 Å². The molecule has 0 unspecified atom stereocenters. The van der Waals surface area contributed by atoms with Gasteiger partial charge >= 0.3 is 0 Å². The average Bonchev–Trinajstić information content (AvgIpc) is 3.03. The second-order valence-corrected chi connectivity index (χ2v) is 8.07. The first kappa shape index (κ1) is 17.1. The van der Waals surface area contributed by atoms with Gasteiger partial charge in [0.15, 0.2) is 5.82 Å². The van der Waals surface area contributed by atoms with Crippen LogP contribution in [0.15, 0.2) is 16.1 Å². The van der Waals surface area contributed by atoms with E-state index in [-0.39, 0.29) is 6.10 Å². The van der Waals surface area contributed by atoms with Crippen molar-refractivity contribution in [3.8, 4) is 0 Å². The summed E-state index contributed by atoms with van der Waals surface area (Å²) in [5.41, 5.74) is 0.463. The van der Waals surface area contributed by atoms with Crippen LogP contribution >= 0.6 is 11.3 Å². The molecule has 2 fully saturated rings. The average molecular weight is 363 g/mol. The Hall–Kier alpha value is -1.35. The van der Waals surface area contributed by atoms with Crippen LogP contribution < -0.4 is 5.32 Å². The molecule has 2 aromatic rings. The molecule has 2 atom stereocenters. The molecular weight excluding hydrogens is 338 g/mol. The lowest BCUT2D eigenvalue weighted by molar-refractivity contribution is 0.109. The molecule has 0 amide bonds. The molecule has 0 aromatic carbocycles. The number of hydrogen-bond acceptors (Lipinski definition) is 8. The highest BCUT2D eigenvalue weighted by Crippen LogP contribution is 2.56. The lowest BCUT2D eigenvalue weighted by Gasteiger charge is -2.28. The number of methoxy groups -OCH3 is 1. The van der Waals surface area contributed by atoms with Gasteiger partial charge in [-0.05, 0) is 44.7 Å². The van der Waals surface area contributed by atoms with E-state index in [1.165, 1.54) is 19.3 Å². The van der Waals surface area contributed by atoms with Gasteiger partial charge in [-0.3, -0.25) is 4.90 Å². The molecule has 0 radical (unpaired) electrons. The fraction of sp³-hybridized carbons (Fsp3) is 0.706. The Bertz CT molecular complexity index is 683. The Labute approximate surface area is 151 Å². The summed E-state index contributed by atoms with van der Waals surface area (Å²) < 4.78 is 10.8. The third-order valence-electron chi connectivity index (χ3n) is 5.55. The van der Waals surface area contributed by atoms with E-state index in [4.69, 9.17) is 9.26 Å². The van der Waals surface area contributed by atoms with Crippen molar-refractivity contribution < 1.29 is 9.26 Å². The van der Waals surface area contributed by atoms with E-state index in [2.05, 4.69) is 25.3 Å². The van der Waals surface area contributed by atoms with Gasteiger partial charge in [-0.1, -0.05) is 5.16 Å². The SMILES string of the molecule is CO[C@@H](C)c1noc(CN(Cc2nccs2)[C@@H]2CC23CCNCC3)n1. The van der Waals surface area contributed by atoms with E-state index < -0.39 is 0 Å². The smallest absolute Gasteiger partial charge is 0.240 e. The quantitative estimate of drug-likeness (QED) is 0.809. The van der Waals surface area contributed by atoms with Gasteiger partial charge < -0.3 is 14.6 Å². The van der Waals surface area contributed by atoms with Gasteiger partial charge in [-0.2, -0.15) is 4.98 Å².